The minimum Gasteiger partial charge on any atom is -0.306 e. The Kier molecular flexibility index (Phi) is 5.28. The molecule has 3 nitrogen and oxygen atoms in total. The minimum absolute atomic E-state index is 0.239. The third-order valence-corrected chi connectivity index (χ3v) is 2.94. The van der Waals surface area contributed by atoms with Gasteiger partial charge in [-0.05, 0) is 33.2 Å². The number of halogens is 1. The van der Waals surface area contributed by atoms with Gasteiger partial charge in [-0.1, -0.05) is 13.8 Å². The molecule has 0 aliphatic carbocycles. The van der Waals surface area contributed by atoms with Crippen LogP contribution in [0, 0.1) is 5.82 Å². The zero-order valence-corrected chi connectivity index (χ0v) is 11.8. The first-order chi connectivity index (χ1) is 8.58. The SMILES string of the molecule is CC.CC(Cc1ncn2cc(F)ccc12)N(C)C. The van der Waals surface area contributed by atoms with E-state index in [1.807, 2.05) is 27.9 Å². The second-order valence-corrected chi connectivity index (χ2v) is 4.35. The molecule has 18 heavy (non-hydrogen) atoms. The smallest absolute Gasteiger partial charge is 0.139 e. The molecule has 1 atom stereocenters. The van der Waals surface area contributed by atoms with Gasteiger partial charge in [0.1, 0.15) is 5.82 Å². The number of fused-ring (bicyclic) bond motifs is 1. The highest BCUT2D eigenvalue weighted by Gasteiger charge is 2.11. The van der Waals surface area contributed by atoms with Crippen LogP contribution in [0.1, 0.15) is 26.5 Å². The molecule has 0 aliphatic heterocycles. The van der Waals surface area contributed by atoms with Crippen molar-refractivity contribution in [1.82, 2.24) is 14.3 Å². The average molecular weight is 251 g/mol. The topological polar surface area (TPSA) is 20.5 Å². The summed E-state index contributed by atoms with van der Waals surface area (Å²) in [6.07, 6.45) is 3.98. The normalized spacial score (nSPS) is 12.4. The fourth-order valence-electron chi connectivity index (χ4n) is 1.65. The zero-order valence-electron chi connectivity index (χ0n) is 11.8. The van der Waals surface area contributed by atoms with Crippen molar-refractivity contribution in [2.24, 2.45) is 0 Å². The summed E-state index contributed by atoms with van der Waals surface area (Å²) in [6.45, 7) is 6.15. The third kappa shape index (κ3) is 3.29. The zero-order chi connectivity index (χ0) is 13.7. The molecule has 100 valence electrons. The molecule has 0 N–H and O–H groups in total. The van der Waals surface area contributed by atoms with Crippen LogP contribution in [0.15, 0.2) is 24.7 Å². The number of likely N-dealkylation sites (N-methyl/N-ethyl adjacent to an activating group) is 1. The molecule has 4 heteroatoms. The van der Waals surface area contributed by atoms with Gasteiger partial charge in [0.15, 0.2) is 0 Å². The summed E-state index contributed by atoms with van der Waals surface area (Å²) < 4.78 is 14.7. The molecule has 2 aromatic rings. The van der Waals surface area contributed by atoms with E-state index in [2.05, 4.69) is 16.8 Å². The minimum atomic E-state index is -0.239. The maximum absolute atomic E-state index is 13.0. The van der Waals surface area contributed by atoms with Crippen LogP contribution in [-0.2, 0) is 6.42 Å². The lowest BCUT2D eigenvalue weighted by molar-refractivity contribution is 0.311. The number of pyridine rings is 1. The van der Waals surface area contributed by atoms with Crippen molar-refractivity contribution in [3.8, 4) is 0 Å². The number of rotatable bonds is 3. The highest BCUT2D eigenvalue weighted by Crippen LogP contribution is 2.13. The van der Waals surface area contributed by atoms with Crippen LogP contribution in [0.4, 0.5) is 4.39 Å². The van der Waals surface area contributed by atoms with Crippen molar-refractivity contribution in [2.75, 3.05) is 14.1 Å². The first kappa shape index (κ1) is 14.6. The molecule has 0 radical (unpaired) electrons. The third-order valence-electron chi connectivity index (χ3n) is 2.94. The molecule has 0 amide bonds. The lowest BCUT2D eigenvalue weighted by Crippen LogP contribution is -2.26. The van der Waals surface area contributed by atoms with Gasteiger partial charge in [0.05, 0.1) is 17.5 Å². The van der Waals surface area contributed by atoms with Crippen molar-refractivity contribution in [3.05, 3.63) is 36.2 Å². The Morgan fingerprint density at radius 1 is 1.33 bits per heavy atom. The molecule has 0 saturated carbocycles. The van der Waals surface area contributed by atoms with Crippen molar-refractivity contribution >= 4 is 5.52 Å². The van der Waals surface area contributed by atoms with Gasteiger partial charge in [0.25, 0.3) is 0 Å². The van der Waals surface area contributed by atoms with Gasteiger partial charge >= 0.3 is 0 Å². The predicted octanol–water partition coefficient (Wildman–Crippen LogP) is 2.99. The molecular formula is C14H22FN3. The number of hydrogen-bond acceptors (Lipinski definition) is 2. The monoisotopic (exact) mass is 251 g/mol. The van der Waals surface area contributed by atoms with E-state index < -0.39 is 0 Å². The van der Waals surface area contributed by atoms with E-state index in [-0.39, 0.29) is 5.82 Å². The summed E-state index contributed by atoms with van der Waals surface area (Å²) in [4.78, 5) is 6.48. The Bertz CT molecular complexity index is 491. The van der Waals surface area contributed by atoms with Gasteiger partial charge in [-0.2, -0.15) is 0 Å². The van der Waals surface area contributed by atoms with Gasteiger partial charge in [-0.15, -0.1) is 0 Å². The predicted molar refractivity (Wildman–Crippen MR) is 73.4 cm³/mol. The molecule has 0 bridgehead atoms. The lowest BCUT2D eigenvalue weighted by Gasteiger charge is -2.18. The van der Waals surface area contributed by atoms with E-state index in [9.17, 15) is 4.39 Å². The molecule has 2 rings (SSSR count). The summed E-state index contributed by atoms with van der Waals surface area (Å²) in [7, 11) is 4.09. The van der Waals surface area contributed by atoms with E-state index in [0.29, 0.717) is 6.04 Å². The van der Waals surface area contributed by atoms with Crippen LogP contribution in [0.3, 0.4) is 0 Å². The lowest BCUT2D eigenvalue weighted by atomic mass is 10.1. The standard InChI is InChI=1S/C12H16FN3.C2H6/c1-9(15(2)3)6-11-12-5-4-10(13)7-16(12)8-14-11;1-2/h4-5,7-9H,6H2,1-3H3;1-2H3. The second kappa shape index (κ2) is 6.50. The largest absolute Gasteiger partial charge is 0.306 e. The van der Waals surface area contributed by atoms with E-state index in [1.54, 1.807) is 16.8 Å². The Morgan fingerprint density at radius 2 is 2.00 bits per heavy atom. The van der Waals surface area contributed by atoms with Gasteiger partial charge in [0.2, 0.25) is 0 Å². The van der Waals surface area contributed by atoms with Gasteiger partial charge in [-0.25, -0.2) is 9.37 Å². The van der Waals surface area contributed by atoms with Gasteiger partial charge in [0, 0.05) is 18.7 Å². The Morgan fingerprint density at radius 3 is 2.61 bits per heavy atom. The van der Waals surface area contributed by atoms with Crippen LogP contribution < -0.4 is 0 Å². The molecule has 0 aliphatic rings. The highest BCUT2D eigenvalue weighted by atomic mass is 19.1. The highest BCUT2D eigenvalue weighted by molar-refractivity contribution is 5.52. The maximum Gasteiger partial charge on any atom is 0.139 e. The van der Waals surface area contributed by atoms with Crippen molar-refractivity contribution in [2.45, 2.75) is 33.2 Å². The first-order valence-electron chi connectivity index (χ1n) is 6.35. The quantitative estimate of drug-likeness (QED) is 0.836. The van der Waals surface area contributed by atoms with E-state index in [1.165, 1.54) is 12.3 Å². The van der Waals surface area contributed by atoms with Crippen molar-refractivity contribution in [1.29, 1.82) is 0 Å². The Hall–Kier alpha value is -1.42. The van der Waals surface area contributed by atoms with Crippen LogP contribution in [0.25, 0.3) is 5.52 Å². The molecule has 0 fully saturated rings. The second-order valence-electron chi connectivity index (χ2n) is 4.35. The van der Waals surface area contributed by atoms with E-state index in [0.717, 1.165) is 17.6 Å². The van der Waals surface area contributed by atoms with Crippen LogP contribution in [0.5, 0.6) is 0 Å². The summed E-state index contributed by atoms with van der Waals surface area (Å²) in [5.41, 5.74) is 2.00. The van der Waals surface area contributed by atoms with Crippen LogP contribution in [-0.4, -0.2) is 34.4 Å². The summed E-state index contributed by atoms with van der Waals surface area (Å²) in [5, 5.41) is 0. The van der Waals surface area contributed by atoms with Gasteiger partial charge < -0.3 is 9.30 Å². The average Bonchev–Trinajstić information content (AvgIpc) is 2.74. The number of imidazole rings is 1. The first-order valence-corrected chi connectivity index (χ1v) is 6.35. The van der Waals surface area contributed by atoms with E-state index in [4.69, 9.17) is 0 Å². The van der Waals surface area contributed by atoms with Crippen molar-refractivity contribution < 1.29 is 4.39 Å². The molecule has 2 heterocycles. The molecule has 0 aromatic carbocycles. The summed E-state index contributed by atoms with van der Waals surface area (Å²) in [6, 6.07) is 3.67. The molecule has 0 spiro atoms. The fourth-order valence-corrected chi connectivity index (χ4v) is 1.65. The van der Waals surface area contributed by atoms with Gasteiger partial charge in [-0.3, -0.25) is 0 Å². The molecule has 0 saturated heterocycles. The molecule has 2 aromatic heterocycles. The Labute approximate surface area is 108 Å². The van der Waals surface area contributed by atoms with Crippen LogP contribution in [0.2, 0.25) is 0 Å². The molecule has 1 unspecified atom stereocenters. The summed E-state index contributed by atoms with van der Waals surface area (Å²) in [5.74, 6) is -0.239. The summed E-state index contributed by atoms with van der Waals surface area (Å²) >= 11 is 0. The van der Waals surface area contributed by atoms with Crippen molar-refractivity contribution in [3.63, 3.8) is 0 Å². The Balaban J connectivity index is 0.000000771. The maximum atomic E-state index is 13.0. The fraction of sp³-hybridized carbons (Fsp3) is 0.500. The van der Waals surface area contributed by atoms with Crippen LogP contribution >= 0.6 is 0 Å². The van der Waals surface area contributed by atoms with E-state index >= 15 is 0 Å². The number of aromatic nitrogens is 2. The number of hydrogen-bond donors (Lipinski definition) is 0. The molecular weight excluding hydrogens is 229 g/mol. The number of nitrogens with zero attached hydrogens (tertiary/aromatic N) is 3.